The first-order chi connectivity index (χ1) is 15.8. The molecule has 1 aromatic carbocycles. The van der Waals surface area contributed by atoms with E-state index in [1.165, 1.54) is 13.2 Å². The summed E-state index contributed by atoms with van der Waals surface area (Å²) in [6.45, 7) is 4.24. The minimum atomic E-state index is -0.912. The van der Waals surface area contributed by atoms with Crippen LogP contribution in [0.3, 0.4) is 0 Å². The van der Waals surface area contributed by atoms with Crippen molar-refractivity contribution in [3.05, 3.63) is 23.8 Å². The molecular weight excluding hydrogens is 428 g/mol. The molecule has 2 fully saturated rings. The van der Waals surface area contributed by atoms with Crippen LogP contribution in [0.4, 0.5) is 4.79 Å². The lowest BCUT2D eigenvalue weighted by molar-refractivity contribution is -0.136. The summed E-state index contributed by atoms with van der Waals surface area (Å²) < 4.78 is 10.9. The standard InChI is InChI=1S/C23H32N4O6/c1-4-5-12-33-17-7-6-16(13-18(17)32-3)20(29)26-25-19(28)14-27-21(30)23(24-22(27)31)10-8-15(2)9-11-23/h6-7,13,15H,4-5,8-12,14H2,1-3H3,(H,24,31)(H,25,28)(H,26,29). The first kappa shape index (κ1) is 24.3. The number of benzene rings is 1. The van der Waals surface area contributed by atoms with E-state index in [1.54, 1.807) is 12.1 Å². The molecule has 33 heavy (non-hydrogen) atoms. The van der Waals surface area contributed by atoms with Crippen molar-refractivity contribution in [1.82, 2.24) is 21.1 Å². The molecule has 1 spiro atoms. The number of imide groups is 1. The summed E-state index contributed by atoms with van der Waals surface area (Å²) in [6.07, 6.45) is 4.70. The fraction of sp³-hybridized carbons (Fsp3) is 0.565. The summed E-state index contributed by atoms with van der Waals surface area (Å²) in [5.74, 6) is -0.211. The molecule has 1 saturated heterocycles. The fourth-order valence-corrected chi connectivity index (χ4v) is 4.05. The highest BCUT2D eigenvalue weighted by atomic mass is 16.5. The van der Waals surface area contributed by atoms with Crippen molar-refractivity contribution >= 4 is 23.8 Å². The van der Waals surface area contributed by atoms with E-state index in [0.29, 0.717) is 36.9 Å². The second kappa shape index (κ2) is 10.5. The van der Waals surface area contributed by atoms with Crippen LogP contribution in [0.25, 0.3) is 0 Å². The van der Waals surface area contributed by atoms with Gasteiger partial charge in [-0.2, -0.15) is 0 Å². The molecule has 1 aromatic rings. The van der Waals surface area contributed by atoms with Gasteiger partial charge in [-0.05, 0) is 56.2 Å². The van der Waals surface area contributed by atoms with Crippen LogP contribution in [0.1, 0.15) is 62.7 Å². The molecule has 1 saturated carbocycles. The van der Waals surface area contributed by atoms with E-state index in [0.717, 1.165) is 30.6 Å². The van der Waals surface area contributed by atoms with Crippen LogP contribution in [0.5, 0.6) is 11.5 Å². The lowest BCUT2D eigenvalue weighted by atomic mass is 9.77. The lowest BCUT2D eigenvalue weighted by Gasteiger charge is -2.33. The molecule has 1 aliphatic heterocycles. The zero-order valence-corrected chi connectivity index (χ0v) is 19.4. The molecule has 10 heteroatoms. The Kier molecular flexibility index (Phi) is 7.78. The van der Waals surface area contributed by atoms with Gasteiger partial charge in [0.15, 0.2) is 11.5 Å². The van der Waals surface area contributed by atoms with Gasteiger partial charge < -0.3 is 14.8 Å². The monoisotopic (exact) mass is 460 g/mol. The number of urea groups is 1. The van der Waals surface area contributed by atoms with Gasteiger partial charge in [-0.1, -0.05) is 20.3 Å². The number of methoxy groups -OCH3 is 1. The third kappa shape index (κ3) is 5.55. The van der Waals surface area contributed by atoms with E-state index in [9.17, 15) is 19.2 Å². The van der Waals surface area contributed by atoms with Crippen molar-refractivity contribution in [3.8, 4) is 11.5 Å². The normalized spacial score (nSPS) is 22.2. The molecule has 0 atom stereocenters. The van der Waals surface area contributed by atoms with Crippen molar-refractivity contribution < 1.29 is 28.7 Å². The topological polar surface area (TPSA) is 126 Å². The predicted molar refractivity (Wildman–Crippen MR) is 120 cm³/mol. The second-order valence-electron chi connectivity index (χ2n) is 8.66. The highest BCUT2D eigenvalue weighted by Crippen LogP contribution is 2.36. The maximum Gasteiger partial charge on any atom is 0.325 e. The average Bonchev–Trinajstić information content (AvgIpc) is 3.03. The van der Waals surface area contributed by atoms with Gasteiger partial charge >= 0.3 is 6.03 Å². The Labute approximate surface area is 193 Å². The van der Waals surface area contributed by atoms with Crippen LogP contribution in [0.2, 0.25) is 0 Å². The molecular formula is C23H32N4O6. The fourth-order valence-electron chi connectivity index (χ4n) is 4.05. The molecule has 180 valence electrons. The Morgan fingerprint density at radius 1 is 1.18 bits per heavy atom. The molecule has 0 aromatic heterocycles. The van der Waals surface area contributed by atoms with Gasteiger partial charge in [0, 0.05) is 5.56 Å². The minimum Gasteiger partial charge on any atom is -0.493 e. The van der Waals surface area contributed by atoms with E-state index in [-0.39, 0.29) is 11.5 Å². The number of ether oxygens (including phenoxy) is 2. The summed E-state index contributed by atoms with van der Waals surface area (Å²) in [6, 6.07) is 4.10. The number of hydrazine groups is 1. The van der Waals surface area contributed by atoms with Crippen LogP contribution in [0.15, 0.2) is 18.2 Å². The predicted octanol–water partition coefficient (Wildman–Crippen LogP) is 2.14. The van der Waals surface area contributed by atoms with Crippen molar-refractivity contribution in [2.75, 3.05) is 20.3 Å². The first-order valence-corrected chi connectivity index (χ1v) is 11.3. The van der Waals surface area contributed by atoms with Crippen molar-refractivity contribution in [2.24, 2.45) is 5.92 Å². The van der Waals surface area contributed by atoms with Crippen LogP contribution in [-0.4, -0.2) is 54.5 Å². The van der Waals surface area contributed by atoms with Crippen LogP contribution in [0, 0.1) is 5.92 Å². The molecule has 0 bridgehead atoms. The molecule has 10 nitrogen and oxygen atoms in total. The quantitative estimate of drug-likeness (QED) is 0.310. The van der Waals surface area contributed by atoms with Gasteiger partial charge in [-0.25, -0.2) is 4.79 Å². The van der Waals surface area contributed by atoms with E-state index in [1.807, 2.05) is 0 Å². The summed E-state index contributed by atoms with van der Waals surface area (Å²) in [7, 11) is 1.48. The Morgan fingerprint density at radius 2 is 1.91 bits per heavy atom. The highest BCUT2D eigenvalue weighted by molar-refractivity contribution is 6.09. The minimum absolute atomic E-state index is 0.250. The Bertz CT molecular complexity index is 910. The molecule has 3 N–H and O–H groups in total. The number of unbranched alkanes of at least 4 members (excludes halogenated alkanes) is 1. The van der Waals surface area contributed by atoms with Gasteiger partial charge in [-0.15, -0.1) is 0 Å². The number of rotatable bonds is 8. The van der Waals surface area contributed by atoms with Crippen LogP contribution >= 0.6 is 0 Å². The summed E-state index contributed by atoms with van der Waals surface area (Å²) >= 11 is 0. The summed E-state index contributed by atoms with van der Waals surface area (Å²) in [5, 5.41) is 2.77. The highest BCUT2D eigenvalue weighted by Gasteiger charge is 2.52. The maximum atomic E-state index is 12.8. The number of amides is 5. The molecule has 0 unspecified atom stereocenters. The first-order valence-electron chi connectivity index (χ1n) is 11.3. The molecule has 5 amide bonds. The molecule has 2 aliphatic rings. The number of carbonyl (C=O) groups is 4. The third-order valence-electron chi connectivity index (χ3n) is 6.17. The number of carbonyl (C=O) groups excluding carboxylic acids is 4. The van der Waals surface area contributed by atoms with Gasteiger partial charge in [0.1, 0.15) is 12.1 Å². The van der Waals surface area contributed by atoms with Crippen molar-refractivity contribution in [1.29, 1.82) is 0 Å². The number of nitrogens with one attached hydrogen (secondary N) is 3. The third-order valence-corrected chi connectivity index (χ3v) is 6.17. The molecule has 3 rings (SSSR count). The van der Waals surface area contributed by atoms with Crippen LogP contribution in [-0.2, 0) is 9.59 Å². The molecule has 1 heterocycles. The summed E-state index contributed by atoms with van der Waals surface area (Å²) in [4.78, 5) is 50.9. The Balaban J connectivity index is 1.54. The number of nitrogens with zero attached hydrogens (tertiary/aromatic N) is 1. The maximum absolute atomic E-state index is 12.8. The molecule has 1 aliphatic carbocycles. The average molecular weight is 461 g/mol. The zero-order valence-electron chi connectivity index (χ0n) is 19.4. The summed E-state index contributed by atoms with van der Waals surface area (Å²) in [5.41, 5.74) is 3.89. The van der Waals surface area contributed by atoms with Gasteiger partial charge in [-0.3, -0.25) is 30.1 Å². The van der Waals surface area contributed by atoms with Gasteiger partial charge in [0.25, 0.3) is 17.7 Å². The van der Waals surface area contributed by atoms with E-state index >= 15 is 0 Å². The van der Waals surface area contributed by atoms with Crippen molar-refractivity contribution in [2.45, 2.75) is 57.9 Å². The Hall–Kier alpha value is -3.30. The van der Waals surface area contributed by atoms with E-state index in [4.69, 9.17) is 9.47 Å². The number of hydrogen-bond donors (Lipinski definition) is 3. The lowest BCUT2D eigenvalue weighted by Crippen LogP contribution is -2.50. The smallest absolute Gasteiger partial charge is 0.325 e. The van der Waals surface area contributed by atoms with Gasteiger partial charge in [0.2, 0.25) is 0 Å². The van der Waals surface area contributed by atoms with Crippen LogP contribution < -0.4 is 25.6 Å². The second-order valence-corrected chi connectivity index (χ2v) is 8.66. The van der Waals surface area contributed by atoms with Crippen molar-refractivity contribution in [3.63, 3.8) is 0 Å². The van der Waals surface area contributed by atoms with E-state index < -0.39 is 29.9 Å². The Morgan fingerprint density at radius 3 is 2.58 bits per heavy atom. The zero-order chi connectivity index (χ0) is 24.0. The molecule has 0 radical (unpaired) electrons. The largest absolute Gasteiger partial charge is 0.493 e. The SMILES string of the molecule is CCCCOc1ccc(C(=O)NNC(=O)CN2C(=O)NC3(CCC(C)CC3)C2=O)cc1OC. The van der Waals surface area contributed by atoms with E-state index in [2.05, 4.69) is 30.0 Å². The van der Waals surface area contributed by atoms with Gasteiger partial charge in [0.05, 0.1) is 13.7 Å². The number of hydrogen-bond acceptors (Lipinski definition) is 6.